The predicted molar refractivity (Wildman–Crippen MR) is 97.6 cm³/mol. The minimum atomic E-state index is -0.110. The number of para-hydroxylation sites is 1. The van der Waals surface area contributed by atoms with Crippen molar-refractivity contribution in [3.63, 3.8) is 0 Å². The molecular formula is C19H24N4O2. The van der Waals surface area contributed by atoms with Crippen LogP contribution in [0.4, 0.5) is 11.5 Å². The molecule has 0 bridgehead atoms. The van der Waals surface area contributed by atoms with Gasteiger partial charge in [-0.25, -0.2) is 4.68 Å². The number of hydrogen-bond donors (Lipinski definition) is 1. The first-order valence-corrected chi connectivity index (χ1v) is 8.81. The number of carbonyl (C=O) groups excluding carboxylic acids is 2. The van der Waals surface area contributed by atoms with Crippen molar-refractivity contribution in [1.29, 1.82) is 0 Å². The Labute approximate surface area is 147 Å². The highest BCUT2D eigenvalue weighted by Crippen LogP contribution is 2.27. The highest BCUT2D eigenvalue weighted by atomic mass is 16.2. The number of carbonyl (C=O) groups is 2. The summed E-state index contributed by atoms with van der Waals surface area (Å²) in [4.78, 5) is 26.3. The standard InChI is InChI=1S/C19H24N4O2/c1-3-14(2)23-17(10-12-20-23)21-18(24)11-13-22-16-7-5-4-6-15(16)8-9-19(22)25/h4-7,10,12,14H,3,8-9,11,13H2,1-2H3,(H,21,24)/t14-/m0/s1. The van der Waals surface area contributed by atoms with Crippen LogP contribution in [0.5, 0.6) is 0 Å². The van der Waals surface area contributed by atoms with Crippen LogP contribution in [-0.2, 0) is 16.0 Å². The Bertz CT molecular complexity index is 768. The molecule has 6 nitrogen and oxygen atoms in total. The minimum absolute atomic E-state index is 0.0798. The first-order valence-electron chi connectivity index (χ1n) is 8.81. The summed E-state index contributed by atoms with van der Waals surface area (Å²) in [5.74, 6) is 0.668. The van der Waals surface area contributed by atoms with Gasteiger partial charge < -0.3 is 10.2 Å². The third-order valence-electron chi connectivity index (χ3n) is 4.70. The van der Waals surface area contributed by atoms with Gasteiger partial charge in [-0.15, -0.1) is 0 Å². The Morgan fingerprint density at radius 3 is 2.88 bits per heavy atom. The van der Waals surface area contributed by atoms with Crippen LogP contribution in [0.3, 0.4) is 0 Å². The van der Waals surface area contributed by atoms with Gasteiger partial charge in [0, 0.05) is 31.1 Å². The lowest BCUT2D eigenvalue weighted by molar-refractivity contribution is -0.119. The van der Waals surface area contributed by atoms with Gasteiger partial charge in [0.25, 0.3) is 0 Å². The van der Waals surface area contributed by atoms with E-state index in [1.54, 1.807) is 17.2 Å². The maximum absolute atomic E-state index is 12.3. The summed E-state index contributed by atoms with van der Waals surface area (Å²) >= 11 is 0. The maximum atomic E-state index is 12.3. The van der Waals surface area contributed by atoms with Crippen LogP contribution in [0.15, 0.2) is 36.5 Å². The summed E-state index contributed by atoms with van der Waals surface area (Å²) in [5, 5.41) is 7.18. The molecule has 1 aromatic heterocycles. The number of benzene rings is 1. The molecule has 132 valence electrons. The van der Waals surface area contributed by atoms with Gasteiger partial charge in [0.05, 0.1) is 12.2 Å². The molecule has 2 amide bonds. The molecule has 2 heterocycles. The number of fused-ring (bicyclic) bond motifs is 1. The second-order valence-electron chi connectivity index (χ2n) is 6.39. The number of nitrogens with zero attached hydrogens (tertiary/aromatic N) is 3. The molecule has 3 rings (SSSR count). The largest absolute Gasteiger partial charge is 0.312 e. The Hall–Kier alpha value is -2.63. The van der Waals surface area contributed by atoms with Crippen molar-refractivity contribution in [2.24, 2.45) is 0 Å². The lowest BCUT2D eigenvalue weighted by Crippen LogP contribution is -2.37. The Morgan fingerprint density at radius 1 is 1.28 bits per heavy atom. The quantitative estimate of drug-likeness (QED) is 0.878. The molecule has 6 heteroatoms. The number of anilines is 2. The Morgan fingerprint density at radius 2 is 2.08 bits per heavy atom. The van der Waals surface area contributed by atoms with Crippen LogP contribution in [0.25, 0.3) is 0 Å². The van der Waals surface area contributed by atoms with E-state index in [-0.39, 0.29) is 24.3 Å². The fraction of sp³-hybridized carbons (Fsp3) is 0.421. The zero-order valence-electron chi connectivity index (χ0n) is 14.7. The molecule has 0 aliphatic carbocycles. The maximum Gasteiger partial charge on any atom is 0.227 e. The van der Waals surface area contributed by atoms with Crippen LogP contribution in [0, 0.1) is 0 Å². The fourth-order valence-electron chi connectivity index (χ4n) is 3.10. The minimum Gasteiger partial charge on any atom is -0.312 e. The van der Waals surface area contributed by atoms with E-state index in [2.05, 4.69) is 24.3 Å². The Balaban J connectivity index is 1.63. The summed E-state index contributed by atoms with van der Waals surface area (Å²) in [7, 11) is 0. The molecule has 1 aliphatic heterocycles. The Kier molecular flexibility index (Phi) is 5.16. The summed E-state index contributed by atoms with van der Waals surface area (Å²) < 4.78 is 1.82. The van der Waals surface area contributed by atoms with Gasteiger partial charge in [-0.3, -0.25) is 9.59 Å². The molecule has 1 aliphatic rings. The highest BCUT2D eigenvalue weighted by molar-refractivity contribution is 5.97. The van der Waals surface area contributed by atoms with Crippen molar-refractivity contribution in [1.82, 2.24) is 9.78 Å². The van der Waals surface area contributed by atoms with Gasteiger partial charge in [-0.2, -0.15) is 5.10 Å². The first kappa shape index (κ1) is 17.2. The number of rotatable bonds is 6. The summed E-state index contributed by atoms with van der Waals surface area (Å²) in [6, 6.07) is 9.92. The lowest BCUT2D eigenvalue weighted by atomic mass is 10.0. The SMILES string of the molecule is CC[C@H](C)n1nccc1NC(=O)CCN1C(=O)CCc2ccccc21. The summed E-state index contributed by atoms with van der Waals surface area (Å²) in [6.45, 7) is 4.53. The predicted octanol–water partition coefficient (Wildman–Crippen LogP) is 3.16. The van der Waals surface area contributed by atoms with Gasteiger partial charge in [-0.05, 0) is 31.4 Å². The molecule has 1 N–H and O–H groups in total. The van der Waals surface area contributed by atoms with Crippen molar-refractivity contribution >= 4 is 23.3 Å². The highest BCUT2D eigenvalue weighted by Gasteiger charge is 2.24. The van der Waals surface area contributed by atoms with Crippen molar-refractivity contribution in [2.75, 3.05) is 16.8 Å². The van der Waals surface area contributed by atoms with Crippen molar-refractivity contribution in [3.05, 3.63) is 42.1 Å². The second kappa shape index (κ2) is 7.51. The van der Waals surface area contributed by atoms with E-state index >= 15 is 0 Å². The zero-order chi connectivity index (χ0) is 17.8. The van der Waals surface area contributed by atoms with Gasteiger partial charge in [0.1, 0.15) is 5.82 Å². The van der Waals surface area contributed by atoms with Gasteiger partial charge in [0.15, 0.2) is 0 Å². The van der Waals surface area contributed by atoms with E-state index in [9.17, 15) is 9.59 Å². The molecule has 1 aromatic carbocycles. The number of aromatic nitrogens is 2. The molecule has 0 radical (unpaired) electrons. The molecule has 1 atom stereocenters. The summed E-state index contributed by atoms with van der Waals surface area (Å²) in [5.41, 5.74) is 2.09. The zero-order valence-corrected chi connectivity index (χ0v) is 14.7. The van der Waals surface area contributed by atoms with Gasteiger partial charge in [0.2, 0.25) is 11.8 Å². The van der Waals surface area contributed by atoms with Crippen LogP contribution in [-0.4, -0.2) is 28.1 Å². The number of aryl methyl sites for hydroxylation is 1. The van der Waals surface area contributed by atoms with Crippen LogP contribution >= 0.6 is 0 Å². The molecule has 0 saturated carbocycles. The second-order valence-corrected chi connectivity index (χ2v) is 6.39. The number of hydrogen-bond acceptors (Lipinski definition) is 3. The van der Waals surface area contributed by atoms with Crippen LogP contribution in [0.1, 0.15) is 44.7 Å². The molecule has 0 fully saturated rings. The third kappa shape index (κ3) is 3.73. The van der Waals surface area contributed by atoms with E-state index in [0.29, 0.717) is 18.8 Å². The van der Waals surface area contributed by atoms with Crippen molar-refractivity contribution < 1.29 is 9.59 Å². The lowest BCUT2D eigenvalue weighted by Gasteiger charge is -2.29. The van der Waals surface area contributed by atoms with E-state index in [1.807, 2.05) is 28.9 Å². The van der Waals surface area contributed by atoms with E-state index in [0.717, 1.165) is 24.1 Å². The average Bonchev–Trinajstić information content (AvgIpc) is 3.08. The van der Waals surface area contributed by atoms with Crippen molar-refractivity contribution in [2.45, 2.75) is 45.6 Å². The smallest absolute Gasteiger partial charge is 0.227 e. The summed E-state index contributed by atoms with van der Waals surface area (Å²) in [6.07, 6.45) is 4.15. The van der Waals surface area contributed by atoms with Crippen LogP contribution < -0.4 is 10.2 Å². The number of nitrogens with one attached hydrogen (secondary N) is 1. The van der Waals surface area contributed by atoms with Crippen molar-refractivity contribution in [3.8, 4) is 0 Å². The van der Waals surface area contributed by atoms with E-state index in [4.69, 9.17) is 0 Å². The van der Waals surface area contributed by atoms with Gasteiger partial charge >= 0.3 is 0 Å². The molecular weight excluding hydrogens is 316 g/mol. The van der Waals surface area contributed by atoms with E-state index < -0.39 is 0 Å². The normalized spacial score (nSPS) is 15.0. The molecule has 0 saturated heterocycles. The molecule has 0 unspecified atom stereocenters. The monoisotopic (exact) mass is 340 g/mol. The van der Waals surface area contributed by atoms with E-state index in [1.165, 1.54) is 0 Å². The van der Waals surface area contributed by atoms with Crippen LogP contribution in [0.2, 0.25) is 0 Å². The molecule has 0 spiro atoms. The van der Waals surface area contributed by atoms with Gasteiger partial charge in [-0.1, -0.05) is 25.1 Å². The first-order chi connectivity index (χ1) is 12.1. The molecule has 25 heavy (non-hydrogen) atoms. The number of amides is 2. The molecule has 2 aromatic rings. The fourth-order valence-corrected chi connectivity index (χ4v) is 3.10. The topological polar surface area (TPSA) is 67.2 Å². The average molecular weight is 340 g/mol. The third-order valence-corrected chi connectivity index (χ3v) is 4.70.